The van der Waals surface area contributed by atoms with E-state index < -0.39 is 5.91 Å². The number of aliphatic imine (C=N–C) groups is 1. The minimum atomic E-state index is -0.430. The summed E-state index contributed by atoms with van der Waals surface area (Å²) in [5.74, 6) is -0.0932. The summed E-state index contributed by atoms with van der Waals surface area (Å²) in [5.41, 5.74) is 3.59. The standard InChI is InChI=1S/C23H23Cl2N5OS/c1-5-14(6-2)22-28-30-20(26)16(21(31)27-23(30)32-22)11-15-10-12(3)29(13(15)4)18-9-7-8-17(24)19(18)25/h7-11,14,26H,5-6H2,1-4H3/b16-11-,26-20?. The first kappa shape index (κ1) is 22.8. The van der Waals surface area contributed by atoms with E-state index in [4.69, 9.17) is 28.6 Å². The zero-order valence-corrected chi connectivity index (χ0v) is 20.6. The minimum absolute atomic E-state index is 0.0408. The van der Waals surface area contributed by atoms with Gasteiger partial charge in [-0.3, -0.25) is 10.2 Å². The minimum Gasteiger partial charge on any atom is -0.316 e. The monoisotopic (exact) mass is 487 g/mol. The van der Waals surface area contributed by atoms with Crippen molar-refractivity contribution in [3.8, 4) is 5.69 Å². The number of nitrogens with one attached hydrogen (secondary N) is 1. The molecular weight excluding hydrogens is 465 g/mol. The van der Waals surface area contributed by atoms with Crippen molar-refractivity contribution in [3.05, 3.63) is 56.8 Å². The summed E-state index contributed by atoms with van der Waals surface area (Å²) in [6.45, 7) is 8.12. The van der Waals surface area contributed by atoms with Gasteiger partial charge < -0.3 is 4.57 Å². The number of carbonyl (C=O) groups excluding carboxylic acids is 1. The highest BCUT2D eigenvalue weighted by Crippen LogP contribution is 2.35. The number of fused-ring (bicyclic) bond motifs is 1. The Balaban J connectivity index is 1.74. The molecule has 0 unspecified atom stereocenters. The number of nitrogens with zero attached hydrogens (tertiary/aromatic N) is 4. The fourth-order valence-corrected chi connectivity index (χ4v) is 5.47. The van der Waals surface area contributed by atoms with E-state index in [-0.39, 0.29) is 11.4 Å². The molecule has 4 rings (SSSR count). The van der Waals surface area contributed by atoms with Gasteiger partial charge in [-0.05, 0) is 68.3 Å². The number of aryl methyl sites for hydroxylation is 1. The van der Waals surface area contributed by atoms with Gasteiger partial charge in [0.1, 0.15) is 5.04 Å². The molecule has 0 fully saturated rings. The van der Waals surface area contributed by atoms with Crippen LogP contribution in [0.5, 0.6) is 0 Å². The number of hydrogen-bond acceptors (Lipinski definition) is 4. The molecule has 0 bridgehead atoms. The Labute approximate surface area is 201 Å². The third kappa shape index (κ3) is 3.83. The van der Waals surface area contributed by atoms with Crippen LogP contribution in [0.2, 0.25) is 10.0 Å². The Bertz CT molecular complexity index is 1220. The third-order valence-corrected chi connectivity index (χ3v) is 7.63. The van der Waals surface area contributed by atoms with Crippen LogP contribution in [-0.2, 0) is 4.79 Å². The quantitative estimate of drug-likeness (QED) is 0.491. The van der Waals surface area contributed by atoms with Gasteiger partial charge in [-0.15, -0.1) is 0 Å². The number of carbonyl (C=O) groups is 1. The molecule has 0 aliphatic carbocycles. The SMILES string of the molecule is CCC(CC)C1=NN2C(=N)/C(=C/c3cc(C)n(-c4cccc(Cl)c4Cl)c3C)C(=O)N=C2S1. The molecule has 1 N–H and O–H groups in total. The van der Waals surface area contributed by atoms with Crippen molar-refractivity contribution >= 4 is 63.0 Å². The highest BCUT2D eigenvalue weighted by molar-refractivity contribution is 8.27. The highest BCUT2D eigenvalue weighted by atomic mass is 35.5. The van der Waals surface area contributed by atoms with Crippen LogP contribution in [0.3, 0.4) is 0 Å². The number of thioether (sulfide) groups is 1. The molecule has 2 aliphatic heterocycles. The molecule has 0 radical (unpaired) electrons. The molecule has 1 aromatic heterocycles. The van der Waals surface area contributed by atoms with Crippen molar-refractivity contribution in [1.29, 1.82) is 5.41 Å². The second-order valence-corrected chi connectivity index (χ2v) is 9.48. The summed E-state index contributed by atoms with van der Waals surface area (Å²) in [5, 5.41) is 17.0. The van der Waals surface area contributed by atoms with Crippen LogP contribution in [0.4, 0.5) is 0 Å². The molecule has 3 heterocycles. The van der Waals surface area contributed by atoms with Gasteiger partial charge in [-0.25, -0.2) is 0 Å². The number of benzene rings is 1. The maximum Gasteiger partial charge on any atom is 0.283 e. The molecule has 1 amide bonds. The van der Waals surface area contributed by atoms with Gasteiger partial charge in [0.2, 0.25) is 5.17 Å². The smallest absolute Gasteiger partial charge is 0.283 e. The lowest BCUT2D eigenvalue weighted by Crippen LogP contribution is -2.35. The van der Waals surface area contributed by atoms with Gasteiger partial charge in [0.15, 0.2) is 5.84 Å². The molecule has 0 atom stereocenters. The van der Waals surface area contributed by atoms with Gasteiger partial charge in [-0.2, -0.15) is 15.1 Å². The van der Waals surface area contributed by atoms with Crippen LogP contribution in [0.15, 0.2) is 39.9 Å². The Morgan fingerprint density at radius 3 is 2.62 bits per heavy atom. The fourth-order valence-electron chi connectivity index (χ4n) is 3.93. The van der Waals surface area contributed by atoms with Crippen molar-refractivity contribution in [2.24, 2.45) is 16.0 Å². The lowest BCUT2D eigenvalue weighted by atomic mass is 10.1. The Kier molecular flexibility index (Phi) is 6.34. The Morgan fingerprint density at radius 2 is 1.94 bits per heavy atom. The maximum absolute atomic E-state index is 12.8. The first-order valence-electron chi connectivity index (χ1n) is 10.4. The molecule has 0 saturated heterocycles. The zero-order valence-electron chi connectivity index (χ0n) is 18.2. The number of amides is 1. The number of halogens is 2. The Morgan fingerprint density at radius 1 is 1.22 bits per heavy atom. The summed E-state index contributed by atoms with van der Waals surface area (Å²) in [6.07, 6.45) is 3.61. The number of aromatic nitrogens is 1. The first-order chi connectivity index (χ1) is 15.3. The van der Waals surface area contributed by atoms with E-state index in [9.17, 15) is 4.79 Å². The average Bonchev–Trinajstić information content (AvgIpc) is 3.29. The number of amidine groups is 2. The van der Waals surface area contributed by atoms with E-state index in [1.807, 2.05) is 36.6 Å². The summed E-state index contributed by atoms with van der Waals surface area (Å²) >= 11 is 14.0. The normalized spacial score (nSPS) is 17.3. The van der Waals surface area contributed by atoms with Crippen LogP contribution in [0.1, 0.15) is 43.6 Å². The van der Waals surface area contributed by atoms with Gasteiger partial charge in [0, 0.05) is 17.3 Å². The highest BCUT2D eigenvalue weighted by Gasteiger charge is 2.37. The van der Waals surface area contributed by atoms with Crippen LogP contribution in [0, 0.1) is 25.2 Å². The third-order valence-electron chi connectivity index (χ3n) is 5.75. The van der Waals surface area contributed by atoms with E-state index >= 15 is 0 Å². The van der Waals surface area contributed by atoms with E-state index in [2.05, 4.69) is 23.9 Å². The number of hydrazone groups is 1. The summed E-state index contributed by atoms with van der Waals surface area (Å²) in [6, 6.07) is 7.44. The molecule has 0 spiro atoms. The average molecular weight is 488 g/mol. The number of rotatable bonds is 5. The summed E-state index contributed by atoms with van der Waals surface area (Å²) in [4.78, 5) is 17.0. The summed E-state index contributed by atoms with van der Waals surface area (Å²) in [7, 11) is 0. The molecule has 2 aromatic rings. The molecular formula is C23H23Cl2N5OS. The van der Waals surface area contributed by atoms with Gasteiger partial charge in [0.25, 0.3) is 5.91 Å². The van der Waals surface area contributed by atoms with Crippen LogP contribution in [0.25, 0.3) is 11.8 Å². The second kappa shape index (κ2) is 8.89. The lowest BCUT2D eigenvalue weighted by molar-refractivity contribution is -0.114. The molecule has 9 heteroatoms. The van der Waals surface area contributed by atoms with E-state index in [1.54, 1.807) is 12.1 Å². The Hall–Kier alpha value is -2.35. The second-order valence-electron chi connectivity index (χ2n) is 7.71. The topological polar surface area (TPSA) is 73.8 Å². The molecule has 6 nitrogen and oxygen atoms in total. The fraction of sp³-hybridized carbons (Fsp3) is 0.304. The molecule has 32 heavy (non-hydrogen) atoms. The predicted octanol–water partition coefficient (Wildman–Crippen LogP) is 6.46. The first-order valence-corrected chi connectivity index (χ1v) is 12.0. The van der Waals surface area contributed by atoms with E-state index in [0.717, 1.165) is 40.5 Å². The van der Waals surface area contributed by atoms with Gasteiger partial charge in [-0.1, -0.05) is 43.1 Å². The van der Waals surface area contributed by atoms with Gasteiger partial charge in [0.05, 0.1) is 21.3 Å². The van der Waals surface area contributed by atoms with Crippen molar-refractivity contribution in [2.45, 2.75) is 40.5 Å². The predicted molar refractivity (Wildman–Crippen MR) is 134 cm³/mol. The van der Waals surface area contributed by atoms with Crippen molar-refractivity contribution in [1.82, 2.24) is 9.58 Å². The van der Waals surface area contributed by atoms with Crippen molar-refractivity contribution < 1.29 is 4.79 Å². The zero-order chi connectivity index (χ0) is 23.2. The van der Waals surface area contributed by atoms with E-state index in [1.165, 1.54) is 16.8 Å². The van der Waals surface area contributed by atoms with Crippen molar-refractivity contribution in [3.63, 3.8) is 0 Å². The van der Waals surface area contributed by atoms with Gasteiger partial charge >= 0.3 is 0 Å². The number of hydrogen-bond donors (Lipinski definition) is 1. The lowest BCUT2D eigenvalue weighted by Gasteiger charge is -2.20. The maximum atomic E-state index is 12.8. The summed E-state index contributed by atoms with van der Waals surface area (Å²) < 4.78 is 1.99. The van der Waals surface area contributed by atoms with E-state index in [0.29, 0.717) is 21.1 Å². The molecule has 2 aliphatic rings. The molecule has 1 aromatic carbocycles. The largest absolute Gasteiger partial charge is 0.316 e. The van der Waals surface area contributed by atoms with Crippen LogP contribution < -0.4 is 0 Å². The van der Waals surface area contributed by atoms with Crippen molar-refractivity contribution in [2.75, 3.05) is 0 Å². The molecule has 0 saturated carbocycles. The van der Waals surface area contributed by atoms with Crippen LogP contribution >= 0.6 is 35.0 Å². The molecule has 166 valence electrons. The van der Waals surface area contributed by atoms with Crippen LogP contribution in [-0.4, -0.2) is 31.5 Å².